The smallest absolute Gasteiger partial charge is 0.128 e. The van der Waals surface area contributed by atoms with Crippen molar-refractivity contribution in [3.8, 4) is 0 Å². The molecule has 1 atom stereocenters. The summed E-state index contributed by atoms with van der Waals surface area (Å²) in [5, 5.41) is 0. The summed E-state index contributed by atoms with van der Waals surface area (Å²) in [6.45, 7) is 5.80. The van der Waals surface area contributed by atoms with Gasteiger partial charge in [-0.25, -0.2) is 9.37 Å². The maximum atomic E-state index is 13.3. The number of nitrogens with two attached hydrogens (primary N) is 1. The monoisotopic (exact) mass is 221 g/mol. The van der Waals surface area contributed by atoms with Crippen LogP contribution < -0.4 is 5.73 Å². The van der Waals surface area contributed by atoms with Crippen LogP contribution in [0.4, 0.5) is 4.39 Å². The third-order valence-electron chi connectivity index (χ3n) is 2.81. The van der Waals surface area contributed by atoms with Crippen LogP contribution in [0.15, 0.2) is 12.1 Å². The zero-order valence-corrected chi connectivity index (χ0v) is 9.71. The van der Waals surface area contributed by atoms with Crippen molar-refractivity contribution in [2.24, 2.45) is 11.7 Å². The van der Waals surface area contributed by atoms with Gasteiger partial charge in [-0.3, -0.25) is 0 Å². The first-order valence-electron chi connectivity index (χ1n) is 5.40. The molecule has 0 aliphatic carbocycles. The lowest BCUT2D eigenvalue weighted by atomic mass is 10.1. The number of benzene rings is 1. The molecule has 86 valence electrons. The Morgan fingerprint density at radius 1 is 1.38 bits per heavy atom. The molecule has 0 fully saturated rings. The van der Waals surface area contributed by atoms with Gasteiger partial charge in [0.2, 0.25) is 0 Å². The van der Waals surface area contributed by atoms with Crippen molar-refractivity contribution in [2.75, 3.05) is 0 Å². The molecule has 0 amide bonds. The van der Waals surface area contributed by atoms with E-state index in [9.17, 15) is 4.39 Å². The summed E-state index contributed by atoms with van der Waals surface area (Å²) in [7, 11) is 0. The van der Waals surface area contributed by atoms with Crippen molar-refractivity contribution in [1.82, 2.24) is 9.97 Å². The lowest BCUT2D eigenvalue weighted by molar-refractivity contribution is 0.495. The SMILES string of the molecule is Cc1cc2[nH]c([C@@H](N)C(C)C)nc2cc1F. The molecular weight excluding hydrogens is 205 g/mol. The zero-order chi connectivity index (χ0) is 11.9. The number of aryl methyl sites for hydroxylation is 1. The van der Waals surface area contributed by atoms with E-state index in [0.29, 0.717) is 17.0 Å². The number of rotatable bonds is 2. The van der Waals surface area contributed by atoms with Crippen LogP contribution in [0.5, 0.6) is 0 Å². The van der Waals surface area contributed by atoms with Gasteiger partial charge >= 0.3 is 0 Å². The van der Waals surface area contributed by atoms with E-state index in [1.807, 2.05) is 13.8 Å². The van der Waals surface area contributed by atoms with Gasteiger partial charge in [-0.2, -0.15) is 0 Å². The van der Waals surface area contributed by atoms with Crippen LogP contribution in [-0.2, 0) is 0 Å². The second-order valence-corrected chi connectivity index (χ2v) is 4.51. The van der Waals surface area contributed by atoms with E-state index >= 15 is 0 Å². The zero-order valence-electron chi connectivity index (χ0n) is 9.71. The Kier molecular flexibility index (Phi) is 2.68. The van der Waals surface area contributed by atoms with Crippen LogP contribution in [0, 0.1) is 18.7 Å². The van der Waals surface area contributed by atoms with Crippen molar-refractivity contribution in [1.29, 1.82) is 0 Å². The van der Waals surface area contributed by atoms with Crippen LogP contribution in [-0.4, -0.2) is 9.97 Å². The topological polar surface area (TPSA) is 54.7 Å². The van der Waals surface area contributed by atoms with Gasteiger partial charge < -0.3 is 10.7 Å². The van der Waals surface area contributed by atoms with Crippen molar-refractivity contribution in [3.63, 3.8) is 0 Å². The van der Waals surface area contributed by atoms with Gasteiger partial charge in [-0.1, -0.05) is 13.8 Å². The molecule has 16 heavy (non-hydrogen) atoms. The van der Waals surface area contributed by atoms with Gasteiger partial charge in [-0.05, 0) is 24.5 Å². The summed E-state index contributed by atoms with van der Waals surface area (Å²) in [5.41, 5.74) is 8.07. The number of aromatic amines is 1. The molecule has 0 spiro atoms. The highest BCUT2D eigenvalue weighted by atomic mass is 19.1. The first-order chi connectivity index (χ1) is 7.49. The number of hydrogen-bond donors (Lipinski definition) is 2. The molecule has 0 aliphatic rings. The van der Waals surface area contributed by atoms with E-state index in [1.54, 1.807) is 13.0 Å². The van der Waals surface area contributed by atoms with Crippen LogP contribution in [0.25, 0.3) is 11.0 Å². The fourth-order valence-corrected chi connectivity index (χ4v) is 1.63. The first-order valence-corrected chi connectivity index (χ1v) is 5.40. The standard InChI is InChI=1S/C12H16FN3/c1-6(2)11(14)12-15-9-4-7(3)8(13)5-10(9)16-12/h4-6,11H,14H2,1-3H3,(H,15,16)/t11-/m0/s1. The molecule has 0 saturated carbocycles. The Bertz CT molecular complexity index is 477. The molecule has 1 aromatic carbocycles. The van der Waals surface area contributed by atoms with Crippen molar-refractivity contribution < 1.29 is 4.39 Å². The molecule has 3 N–H and O–H groups in total. The predicted octanol–water partition coefficient (Wildman–Crippen LogP) is 2.67. The normalized spacial score (nSPS) is 13.6. The van der Waals surface area contributed by atoms with Crippen LogP contribution in [0.2, 0.25) is 0 Å². The minimum absolute atomic E-state index is 0.143. The molecule has 1 heterocycles. The fraction of sp³-hybridized carbons (Fsp3) is 0.417. The van der Waals surface area contributed by atoms with Gasteiger partial charge in [-0.15, -0.1) is 0 Å². The molecule has 0 unspecified atom stereocenters. The summed E-state index contributed by atoms with van der Waals surface area (Å²) in [5.74, 6) is 0.783. The third kappa shape index (κ3) is 1.80. The molecule has 0 aliphatic heterocycles. The predicted molar refractivity (Wildman–Crippen MR) is 62.6 cm³/mol. The Hall–Kier alpha value is -1.42. The molecular formula is C12H16FN3. The number of imidazole rings is 1. The highest BCUT2D eigenvalue weighted by Gasteiger charge is 2.15. The second kappa shape index (κ2) is 3.87. The van der Waals surface area contributed by atoms with E-state index in [2.05, 4.69) is 9.97 Å². The summed E-state index contributed by atoms with van der Waals surface area (Å²) >= 11 is 0. The first kappa shape index (κ1) is 11.1. The van der Waals surface area contributed by atoms with Gasteiger partial charge in [0, 0.05) is 6.07 Å². The lowest BCUT2D eigenvalue weighted by Crippen LogP contribution is -2.17. The van der Waals surface area contributed by atoms with Crippen molar-refractivity contribution >= 4 is 11.0 Å². The van der Waals surface area contributed by atoms with E-state index in [-0.39, 0.29) is 11.9 Å². The minimum Gasteiger partial charge on any atom is -0.341 e. The van der Waals surface area contributed by atoms with Gasteiger partial charge in [0.05, 0.1) is 17.1 Å². The Morgan fingerprint density at radius 3 is 2.69 bits per heavy atom. The van der Waals surface area contributed by atoms with Crippen molar-refractivity contribution in [3.05, 3.63) is 29.3 Å². The second-order valence-electron chi connectivity index (χ2n) is 4.51. The Labute approximate surface area is 93.9 Å². The quantitative estimate of drug-likeness (QED) is 0.819. The maximum absolute atomic E-state index is 13.3. The highest BCUT2D eigenvalue weighted by molar-refractivity contribution is 5.76. The minimum atomic E-state index is -0.233. The molecule has 0 bridgehead atoms. The number of hydrogen-bond acceptors (Lipinski definition) is 2. The summed E-state index contributed by atoms with van der Waals surface area (Å²) < 4.78 is 13.3. The molecule has 4 heteroatoms. The number of H-pyrrole nitrogens is 1. The molecule has 3 nitrogen and oxygen atoms in total. The average molecular weight is 221 g/mol. The number of fused-ring (bicyclic) bond motifs is 1. The number of nitrogens with one attached hydrogen (secondary N) is 1. The Morgan fingerprint density at radius 2 is 2.06 bits per heavy atom. The molecule has 2 rings (SSSR count). The summed E-state index contributed by atoms with van der Waals surface area (Å²) in [4.78, 5) is 7.46. The molecule has 0 radical (unpaired) electrons. The van der Waals surface area contributed by atoms with E-state index in [0.717, 1.165) is 11.3 Å². The number of aromatic nitrogens is 2. The lowest BCUT2D eigenvalue weighted by Gasteiger charge is -2.11. The third-order valence-corrected chi connectivity index (χ3v) is 2.81. The van der Waals surface area contributed by atoms with Crippen LogP contribution in [0.1, 0.15) is 31.3 Å². The largest absolute Gasteiger partial charge is 0.341 e. The highest BCUT2D eigenvalue weighted by Crippen LogP contribution is 2.21. The maximum Gasteiger partial charge on any atom is 0.128 e. The van der Waals surface area contributed by atoms with Crippen LogP contribution in [0.3, 0.4) is 0 Å². The fourth-order valence-electron chi connectivity index (χ4n) is 1.63. The average Bonchev–Trinajstić information content (AvgIpc) is 2.60. The van der Waals surface area contributed by atoms with Crippen molar-refractivity contribution in [2.45, 2.75) is 26.8 Å². The summed E-state index contributed by atoms with van der Waals surface area (Å²) in [6, 6.07) is 3.06. The van der Waals surface area contributed by atoms with Crippen LogP contribution >= 0.6 is 0 Å². The molecule has 0 saturated heterocycles. The number of halogens is 1. The number of nitrogens with zero attached hydrogens (tertiary/aromatic N) is 1. The van der Waals surface area contributed by atoms with Gasteiger partial charge in [0.1, 0.15) is 11.6 Å². The van der Waals surface area contributed by atoms with E-state index in [4.69, 9.17) is 5.73 Å². The Balaban J connectivity index is 2.52. The van der Waals surface area contributed by atoms with Gasteiger partial charge in [0.15, 0.2) is 0 Å². The summed E-state index contributed by atoms with van der Waals surface area (Å²) in [6.07, 6.45) is 0. The van der Waals surface area contributed by atoms with Gasteiger partial charge in [0.25, 0.3) is 0 Å². The van der Waals surface area contributed by atoms with E-state index < -0.39 is 0 Å². The van der Waals surface area contributed by atoms with E-state index in [1.165, 1.54) is 6.07 Å². The molecule has 2 aromatic rings. The molecule has 1 aromatic heterocycles.